The lowest BCUT2D eigenvalue weighted by Crippen LogP contribution is -2.54. The molecule has 8 heteroatoms. The summed E-state index contributed by atoms with van der Waals surface area (Å²) in [5.41, 5.74) is 0.600. The molecule has 320 valence electrons. The average Bonchev–Trinajstić information content (AvgIpc) is 3.91. The van der Waals surface area contributed by atoms with Gasteiger partial charge < -0.3 is 19.6 Å². The third-order valence-corrected chi connectivity index (χ3v) is 12.7. The molecular weight excluding hydrogens is 653 g/mol. The molecule has 0 N–H and O–H groups in total. The van der Waals surface area contributed by atoms with Crippen molar-refractivity contribution in [1.29, 1.82) is 0 Å². The Labute approximate surface area is 335 Å². The highest BCUT2D eigenvalue weighted by Crippen LogP contribution is 2.43. The number of piperazine rings is 3. The van der Waals surface area contributed by atoms with E-state index in [9.17, 15) is 0 Å². The van der Waals surface area contributed by atoms with Crippen molar-refractivity contribution in [3.8, 4) is 0 Å². The first-order valence-electron chi connectivity index (χ1n) is 22.0. The third kappa shape index (κ3) is 20.6. The number of likely N-dealkylation sites (N-methyl/N-ethyl adjacent to an activating group) is 3. The smallest absolute Gasteiger partial charge is 0.0335 e. The second kappa shape index (κ2) is 28.1. The standard InChI is InChI=1S/C10H20N2.C9H20N2.C8H18N2.2C8H17N.2CH4/c1-9(2)12-7-6-11(3)10(8-12)4-5-10;1-4-10-5-7-11(8-6-10)9(2)3;1-8(2)10-6-4-9(3)5-7-10;2*1-8(2)9-6-4-3-5-7-9;;/h9H,4-8H2,1-3H3;9H,4-8H2,1-3H3;8H,4-7H2,1-3H3;2*8H,3-7H2,1-2H3;2*1H4. The molecule has 0 atom stereocenters. The van der Waals surface area contributed by atoms with Crippen LogP contribution < -0.4 is 0 Å². The first-order valence-corrected chi connectivity index (χ1v) is 22.0. The minimum Gasteiger partial charge on any atom is -0.304 e. The summed E-state index contributed by atoms with van der Waals surface area (Å²) in [6.07, 6.45) is 11.4. The number of piperidine rings is 2. The fourth-order valence-corrected chi connectivity index (χ4v) is 8.02. The zero-order valence-corrected chi connectivity index (χ0v) is 36.9. The minimum absolute atomic E-state index is 0. The van der Waals surface area contributed by atoms with Crippen molar-refractivity contribution in [3.05, 3.63) is 0 Å². The Bertz CT molecular complexity index is 809. The van der Waals surface area contributed by atoms with E-state index in [4.69, 9.17) is 0 Å². The van der Waals surface area contributed by atoms with Crippen LogP contribution in [0.2, 0.25) is 0 Å². The Morgan fingerprint density at radius 2 is 0.717 bits per heavy atom. The van der Waals surface area contributed by atoms with Crippen LogP contribution in [-0.4, -0.2) is 194 Å². The molecule has 0 bridgehead atoms. The molecule has 5 aliphatic heterocycles. The van der Waals surface area contributed by atoms with Crippen LogP contribution >= 0.6 is 0 Å². The molecule has 0 aromatic heterocycles. The summed E-state index contributed by atoms with van der Waals surface area (Å²) in [7, 11) is 4.47. The second-order valence-corrected chi connectivity index (χ2v) is 18.1. The maximum absolute atomic E-state index is 2.62. The van der Waals surface area contributed by atoms with Crippen molar-refractivity contribution in [2.24, 2.45) is 0 Å². The molecule has 0 unspecified atom stereocenters. The lowest BCUT2D eigenvalue weighted by molar-refractivity contribution is 0.0610. The van der Waals surface area contributed by atoms with Gasteiger partial charge in [0.15, 0.2) is 0 Å². The van der Waals surface area contributed by atoms with Crippen LogP contribution in [0.3, 0.4) is 0 Å². The molecule has 8 nitrogen and oxygen atoms in total. The van der Waals surface area contributed by atoms with Crippen molar-refractivity contribution in [2.45, 2.75) is 178 Å². The highest BCUT2D eigenvalue weighted by Gasteiger charge is 2.49. The maximum Gasteiger partial charge on any atom is 0.0335 e. The highest BCUT2D eigenvalue weighted by molar-refractivity contribution is 5.07. The Morgan fingerprint density at radius 1 is 0.396 bits per heavy atom. The van der Waals surface area contributed by atoms with E-state index in [0.29, 0.717) is 5.54 Å². The molecule has 1 aliphatic carbocycles. The molecule has 6 aliphatic rings. The average molecular weight is 753 g/mol. The molecule has 0 amide bonds. The number of likely N-dealkylation sites (tertiary alicyclic amines) is 2. The summed E-state index contributed by atoms with van der Waals surface area (Å²) >= 11 is 0. The van der Waals surface area contributed by atoms with E-state index in [-0.39, 0.29) is 14.9 Å². The summed E-state index contributed by atoms with van der Waals surface area (Å²) in [6, 6.07) is 3.73. The Morgan fingerprint density at radius 3 is 1.02 bits per heavy atom. The monoisotopic (exact) mass is 753 g/mol. The van der Waals surface area contributed by atoms with Crippen LogP contribution in [0.25, 0.3) is 0 Å². The van der Waals surface area contributed by atoms with Crippen LogP contribution in [0.15, 0.2) is 0 Å². The lowest BCUT2D eigenvalue weighted by Gasteiger charge is -2.42. The van der Waals surface area contributed by atoms with Gasteiger partial charge in [-0.25, -0.2) is 0 Å². The van der Waals surface area contributed by atoms with Gasteiger partial charge in [-0.1, -0.05) is 34.6 Å². The van der Waals surface area contributed by atoms with Gasteiger partial charge in [0.05, 0.1) is 0 Å². The second-order valence-electron chi connectivity index (χ2n) is 18.1. The quantitative estimate of drug-likeness (QED) is 0.271. The fourth-order valence-electron chi connectivity index (χ4n) is 8.02. The van der Waals surface area contributed by atoms with Gasteiger partial charge in [0.1, 0.15) is 0 Å². The first-order chi connectivity index (χ1) is 24.2. The normalized spacial score (nSPS) is 23.9. The van der Waals surface area contributed by atoms with E-state index in [1.165, 1.54) is 156 Å². The number of hydrogen-bond donors (Lipinski definition) is 0. The van der Waals surface area contributed by atoms with E-state index >= 15 is 0 Å². The van der Waals surface area contributed by atoms with E-state index in [2.05, 4.69) is 129 Å². The van der Waals surface area contributed by atoms with Gasteiger partial charge in [0.2, 0.25) is 0 Å². The topological polar surface area (TPSA) is 25.9 Å². The molecule has 6 rings (SSSR count). The van der Waals surface area contributed by atoms with Crippen LogP contribution in [0.1, 0.15) is 142 Å². The van der Waals surface area contributed by atoms with Gasteiger partial charge >= 0.3 is 0 Å². The number of nitrogens with zero attached hydrogens (tertiary/aromatic N) is 8. The summed E-state index contributed by atoms with van der Waals surface area (Å²) in [6.45, 7) is 45.4. The van der Waals surface area contributed by atoms with Gasteiger partial charge in [-0.15, -0.1) is 0 Å². The molecule has 5 saturated heterocycles. The summed E-state index contributed by atoms with van der Waals surface area (Å²) < 4.78 is 0. The molecular formula is C45H100N8. The van der Waals surface area contributed by atoms with Crippen molar-refractivity contribution in [1.82, 2.24) is 39.2 Å². The van der Waals surface area contributed by atoms with Crippen LogP contribution in [0.4, 0.5) is 0 Å². The largest absolute Gasteiger partial charge is 0.304 e. The lowest BCUT2D eigenvalue weighted by atomic mass is 10.1. The Kier molecular flexibility index (Phi) is 28.0. The zero-order valence-electron chi connectivity index (χ0n) is 36.9. The Balaban J connectivity index is 0.000000635. The van der Waals surface area contributed by atoms with Crippen molar-refractivity contribution < 1.29 is 0 Å². The van der Waals surface area contributed by atoms with Crippen LogP contribution in [-0.2, 0) is 0 Å². The third-order valence-electron chi connectivity index (χ3n) is 12.7. The number of hydrogen-bond acceptors (Lipinski definition) is 8. The van der Waals surface area contributed by atoms with Gasteiger partial charge in [0, 0.05) is 108 Å². The van der Waals surface area contributed by atoms with E-state index in [0.717, 1.165) is 30.2 Å². The summed E-state index contributed by atoms with van der Waals surface area (Å²) in [4.78, 5) is 20.3. The van der Waals surface area contributed by atoms with Crippen LogP contribution in [0, 0.1) is 0 Å². The number of rotatable bonds is 6. The maximum atomic E-state index is 2.62. The Hall–Kier alpha value is -0.320. The highest BCUT2D eigenvalue weighted by atomic mass is 15.3. The van der Waals surface area contributed by atoms with Crippen molar-refractivity contribution in [3.63, 3.8) is 0 Å². The fraction of sp³-hybridized carbons (Fsp3) is 1.00. The molecule has 5 heterocycles. The van der Waals surface area contributed by atoms with Gasteiger partial charge in [0.25, 0.3) is 0 Å². The van der Waals surface area contributed by atoms with Crippen molar-refractivity contribution >= 4 is 0 Å². The summed E-state index contributed by atoms with van der Waals surface area (Å²) in [5, 5.41) is 0. The molecule has 53 heavy (non-hydrogen) atoms. The molecule has 6 fully saturated rings. The van der Waals surface area contributed by atoms with Crippen LogP contribution in [0.5, 0.6) is 0 Å². The van der Waals surface area contributed by atoms with Gasteiger partial charge in [-0.2, -0.15) is 0 Å². The van der Waals surface area contributed by atoms with Gasteiger partial charge in [-0.3, -0.25) is 19.6 Å². The molecule has 0 aromatic rings. The molecule has 1 saturated carbocycles. The SMILES string of the molecule is C.C.CC(C)N1CCCCC1.CC(C)N1CCCCC1.CC(C)N1CCN(C)C2(CC2)C1.CC(C)N1CCN(C)CC1.CCN1CCN(C(C)C)CC1. The molecule has 0 radical (unpaired) electrons. The summed E-state index contributed by atoms with van der Waals surface area (Å²) in [5.74, 6) is 0. The predicted molar refractivity (Wildman–Crippen MR) is 239 cm³/mol. The zero-order chi connectivity index (χ0) is 38.0. The molecule has 1 spiro atoms. The van der Waals surface area contributed by atoms with Gasteiger partial charge in [-0.05, 0) is 155 Å². The minimum atomic E-state index is 0. The predicted octanol–water partition coefficient (Wildman–Crippen LogP) is 7.88. The van der Waals surface area contributed by atoms with Crippen molar-refractivity contribution in [2.75, 3.05) is 119 Å². The van der Waals surface area contributed by atoms with E-state index < -0.39 is 0 Å². The van der Waals surface area contributed by atoms with E-state index in [1.54, 1.807) is 0 Å². The molecule has 0 aromatic carbocycles. The first kappa shape index (κ1) is 52.7. The van der Waals surface area contributed by atoms with E-state index in [1.807, 2.05) is 0 Å².